The highest BCUT2D eigenvalue weighted by molar-refractivity contribution is 7.91. The van der Waals surface area contributed by atoms with Crippen LogP contribution in [0.3, 0.4) is 0 Å². The van der Waals surface area contributed by atoms with Gasteiger partial charge in [-0.1, -0.05) is 25.0 Å². The van der Waals surface area contributed by atoms with Crippen molar-refractivity contribution < 1.29 is 37.1 Å². The van der Waals surface area contributed by atoms with Crippen LogP contribution in [0, 0.1) is 5.92 Å². The molecule has 0 radical (unpaired) electrons. The van der Waals surface area contributed by atoms with Crippen molar-refractivity contribution >= 4 is 45.2 Å². The van der Waals surface area contributed by atoms with E-state index in [0.29, 0.717) is 54.2 Å². The van der Waals surface area contributed by atoms with Crippen molar-refractivity contribution in [3.8, 4) is 27.7 Å². The Hall–Kier alpha value is -4.84. The first kappa shape index (κ1) is 39.0. The van der Waals surface area contributed by atoms with Crippen LogP contribution < -0.4 is 20.1 Å². The summed E-state index contributed by atoms with van der Waals surface area (Å²) < 4.78 is 39.1. The van der Waals surface area contributed by atoms with Gasteiger partial charge in [0.2, 0.25) is 21.8 Å². The molecule has 18 heteroatoms. The lowest BCUT2D eigenvalue weighted by molar-refractivity contribution is -0.141. The Morgan fingerprint density at radius 3 is 2.46 bits per heavy atom. The summed E-state index contributed by atoms with van der Waals surface area (Å²) in [6.07, 6.45) is 12.6. The average Bonchev–Trinajstić information content (AvgIpc) is 3.76. The fourth-order valence-electron chi connectivity index (χ4n) is 8.19. The highest BCUT2D eigenvalue weighted by Gasteiger charge is 2.62. The molecule has 0 spiro atoms. The van der Waals surface area contributed by atoms with E-state index in [9.17, 15) is 27.6 Å². The molecule has 3 aromatic rings. The molecule has 4 heterocycles. The average molecular weight is 821 g/mol. The number of hydrogen-bond donors (Lipinski definition) is 3. The van der Waals surface area contributed by atoms with Crippen molar-refractivity contribution in [2.45, 2.75) is 118 Å². The Kier molecular flexibility index (Phi) is 11.1. The van der Waals surface area contributed by atoms with Gasteiger partial charge in [0.15, 0.2) is 0 Å². The van der Waals surface area contributed by atoms with Crippen LogP contribution in [0.15, 0.2) is 48.0 Å². The van der Waals surface area contributed by atoms with Gasteiger partial charge in [0.1, 0.15) is 45.9 Å². The molecular weight excluding hydrogens is 773 g/mol. The van der Waals surface area contributed by atoms with E-state index in [2.05, 4.69) is 20.3 Å². The van der Waals surface area contributed by atoms with Crippen molar-refractivity contribution in [2.24, 2.45) is 5.92 Å². The Morgan fingerprint density at radius 1 is 0.982 bits per heavy atom. The first-order chi connectivity index (χ1) is 27.5. The van der Waals surface area contributed by atoms with Gasteiger partial charge >= 0.3 is 6.09 Å². The van der Waals surface area contributed by atoms with Crippen LogP contribution in [0.2, 0.25) is 0 Å². The van der Waals surface area contributed by atoms with Crippen LogP contribution in [-0.2, 0) is 29.1 Å². The number of hydrogen-bond acceptors (Lipinski definition) is 12. The van der Waals surface area contributed by atoms with E-state index in [1.54, 1.807) is 13.3 Å². The number of carbonyl (C=O) groups excluding carboxylic acids is 4. The summed E-state index contributed by atoms with van der Waals surface area (Å²) in [5, 5.41) is 17.4. The SMILES string of the molecule is COc1ccc(-c2nn([C@@H]3C[C@H]4C(=O)N[C@]5(C(=O)NS(=O)(=O)C6CC6)C[C@H]5/C=C/CCCCC[C@@H](NC(=O)OC5CCCC5)C(=O)N4C3)nc2-c2nccs2)cc1. The Balaban J connectivity index is 1.12. The normalized spacial score (nSPS) is 27.6. The second-order valence-corrected chi connectivity index (χ2v) is 18.6. The van der Waals surface area contributed by atoms with Crippen LogP contribution >= 0.6 is 11.3 Å². The van der Waals surface area contributed by atoms with Gasteiger partial charge in [-0.3, -0.25) is 19.1 Å². The number of alkyl carbamates (subject to hydrolysis) is 1. The molecule has 1 saturated heterocycles. The number of benzene rings is 1. The largest absolute Gasteiger partial charge is 0.497 e. The smallest absolute Gasteiger partial charge is 0.408 e. The number of amides is 4. The summed E-state index contributed by atoms with van der Waals surface area (Å²) in [5.74, 6) is -1.60. The number of allylic oxidation sites excluding steroid dienone is 1. The fourth-order valence-corrected chi connectivity index (χ4v) is 10.2. The van der Waals surface area contributed by atoms with Crippen molar-refractivity contribution in [1.29, 1.82) is 0 Å². The predicted molar refractivity (Wildman–Crippen MR) is 209 cm³/mol. The summed E-state index contributed by atoms with van der Waals surface area (Å²) in [6.45, 7) is 0.0272. The zero-order valence-corrected chi connectivity index (χ0v) is 33.4. The van der Waals surface area contributed by atoms with E-state index in [1.165, 1.54) is 21.0 Å². The van der Waals surface area contributed by atoms with Crippen molar-refractivity contribution in [2.75, 3.05) is 13.7 Å². The van der Waals surface area contributed by atoms with Gasteiger partial charge in [0.05, 0.1) is 18.4 Å². The van der Waals surface area contributed by atoms with E-state index in [-0.39, 0.29) is 25.5 Å². The number of sulfonamides is 1. The molecular formula is C39H48N8O8S2. The number of thiazole rings is 1. The number of ether oxygens (including phenoxy) is 2. The second kappa shape index (κ2) is 16.2. The van der Waals surface area contributed by atoms with Crippen LogP contribution in [0.4, 0.5) is 4.79 Å². The lowest BCUT2D eigenvalue weighted by atomic mass is 10.0. The molecule has 4 fully saturated rings. The summed E-state index contributed by atoms with van der Waals surface area (Å²) in [4.78, 5) is 63.8. The zero-order chi connectivity index (χ0) is 39.7. The van der Waals surface area contributed by atoms with Crippen LogP contribution in [-0.4, -0.2) is 99.7 Å². The van der Waals surface area contributed by atoms with E-state index >= 15 is 0 Å². The number of nitrogens with one attached hydrogen (secondary N) is 3. The monoisotopic (exact) mass is 820 g/mol. The van der Waals surface area contributed by atoms with Gasteiger partial charge in [-0.25, -0.2) is 18.2 Å². The first-order valence-corrected chi connectivity index (χ1v) is 22.3. The highest BCUT2D eigenvalue weighted by atomic mass is 32.2. The molecule has 57 heavy (non-hydrogen) atoms. The first-order valence-electron chi connectivity index (χ1n) is 19.9. The number of carbonyl (C=O) groups is 4. The molecule has 3 aliphatic carbocycles. The molecule has 2 aliphatic heterocycles. The summed E-state index contributed by atoms with van der Waals surface area (Å²) in [7, 11) is -2.31. The number of aromatic nitrogens is 4. The molecule has 5 atom stereocenters. The Bertz CT molecular complexity index is 2110. The van der Waals surface area contributed by atoms with Crippen LogP contribution in [0.25, 0.3) is 22.0 Å². The number of nitrogens with zero attached hydrogens (tertiary/aromatic N) is 5. The van der Waals surface area contributed by atoms with Gasteiger partial charge in [-0.15, -0.1) is 16.4 Å². The minimum absolute atomic E-state index is 0.0272. The molecule has 3 N–H and O–H groups in total. The van der Waals surface area contributed by atoms with Crippen LogP contribution in [0.1, 0.15) is 89.5 Å². The maximum Gasteiger partial charge on any atom is 0.408 e. The lowest BCUT2D eigenvalue weighted by Crippen LogP contribution is -2.58. The third-order valence-corrected chi connectivity index (χ3v) is 14.3. The maximum atomic E-state index is 14.7. The molecule has 304 valence electrons. The van der Waals surface area contributed by atoms with E-state index in [1.807, 2.05) is 41.8 Å². The molecule has 3 saturated carbocycles. The predicted octanol–water partition coefficient (Wildman–Crippen LogP) is 4.26. The molecule has 8 rings (SSSR count). The summed E-state index contributed by atoms with van der Waals surface area (Å²) in [5.41, 5.74) is 0.349. The fraction of sp³-hybridized carbons (Fsp3) is 0.564. The topological polar surface area (TPSA) is 204 Å². The molecule has 0 bridgehead atoms. The Morgan fingerprint density at radius 2 is 1.74 bits per heavy atom. The summed E-state index contributed by atoms with van der Waals surface area (Å²) in [6, 6.07) is 4.72. The van der Waals surface area contributed by atoms with Crippen molar-refractivity contribution in [3.63, 3.8) is 0 Å². The molecule has 1 aromatic carbocycles. The standard InChI is InChI=1S/C39H48N8O8S2/c1-54-27-15-13-24(14-16-27)32-33(35-40-19-20-56-35)44-47(43-32)26-21-31-34(48)42-39(37(50)45-57(52,53)29-17-18-29)22-25(39)9-5-3-2-4-6-12-30(36(49)46(31)23-26)41-38(51)55-28-10-7-8-11-28/h5,9,13-16,19-20,25-26,28-31H,2-4,6-8,10-12,17-18,21-23H2,1H3,(H,41,51)(H,42,48)(H,45,50)/b9-5+/t25-,26-,30-,31+,39-/m1/s1. The number of methoxy groups -OCH3 is 1. The highest BCUT2D eigenvalue weighted by Crippen LogP contribution is 2.46. The summed E-state index contributed by atoms with van der Waals surface area (Å²) >= 11 is 1.40. The zero-order valence-electron chi connectivity index (χ0n) is 31.8. The van der Waals surface area contributed by atoms with Crippen LogP contribution in [0.5, 0.6) is 5.75 Å². The molecule has 2 aromatic heterocycles. The molecule has 5 aliphatic rings. The third kappa shape index (κ3) is 8.42. The van der Waals surface area contributed by atoms with Crippen molar-refractivity contribution in [3.05, 3.63) is 48.0 Å². The van der Waals surface area contributed by atoms with Gasteiger partial charge in [-0.2, -0.15) is 9.90 Å². The van der Waals surface area contributed by atoms with E-state index < -0.39 is 68.7 Å². The van der Waals surface area contributed by atoms with Gasteiger partial charge in [0, 0.05) is 36.0 Å². The lowest BCUT2D eigenvalue weighted by Gasteiger charge is -2.30. The van der Waals surface area contributed by atoms with Gasteiger partial charge in [0.25, 0.3) is 5.91 Å². The maximum absolute atomic E-state index is 14.7. The van der Waals surface area contributed by atoms with E-state index in [0.717, 1.165) is 44.1 Å². The molecule has 4 amide bonds. The quantitative estimate of drug-likeness (QED) is 0.260. The third-order valence-electron chi connectivity index (χ3n) is 11.7. The minimum Gasteiger partial charge on any atom is -0.497 e. The molecule has 0 unspecified atom stereocenters. The molecule has 16 nitrogen and oxygen atoms in total. The minimum atomic E-state index is -3.90. The van der Waals surface area contributed by atoms with Crippen molar-refractivity contribution in [1.82, 2.24) is 40.2 Å². The number of rotatable bonds is 9. The number of fused-ring (bicyclic) bond motifs is 2. The van der Waals surface area contributed by atoms with Gasteiger partial charge < -0.3 is 25.0 Å². The van der Waals surface area contributed by atoms with E-state index in [4.69, 9.17) is 19.7 Å². The Labute approximate surface area is 335 Å². The van der Waals surface area contributed by atoms with Gasteiger partial charge in [-0.05, 0) is 88.5 Å². The second-order valence-electron chi connectivity index (χ2n) is 15.7.